The van der Waals surface area contributed by atoms with Crippen LogP contribution in [0.4, 0.5) is 0 Å². The van der Waals surface area contributed by atoms with Crippen LogP contribution in [0.1, 0.15) is 16.1 Å². The number of para-hydroxylation sites is 2. The van der Waals surface area contributed by atoms with E-state index >= 15 is 0 Å². The second-order valence-corrected chi connectivity index (χ2v) is 5.40. The maximum Gasteiger partial charge on any atom is 0.271 e. The standard InChI is InChI=1S/C19H18N4O4/c1-25-16-8-12(9-17(26-2)18(16)27-3)19(24)23-21-11-13-10-20-14-6-4-5-7-15(14)22-13/h4-11H,1-3H3,(H,23,24)/b21-11-. The Morgan fingerprint density at radius 1 is 1.04 bits per heavy atom. The molecule has 0 bridgehead atoms. The van der Waals surface area contributed by atoms with Crippen molar-refractivity contribution in [1.29, 1.82) is 0 Å². The Kier molecular flexibility index (Phi) is 5.46. The zero-order valence-electron chi connectivity index (χ0n) is 15.1. The van der Waals surface area contributed by atoms with Gasteiger partial charge < -0.3 is 14.2 Å². The Balaban J connectivity index is 1.77. The quantitative estimate of drug-likeness (QED) is 0.532. The average molecular weight is 366 g/mol. The van der Waals surface area contributed by atoms with E-state index in [1.54, 1.807) is 18.3 Å². The van der Waals surface area contributed by atoms with Crippen molar-refractivity contribution in [3.63, 3.8) is 0 Å². The van der Waals surface area contributed by atoms with Gasteiger partial charge in [-0.05, 0) is 24.3 Å². The molecule has 1 heterocycles. The summed E-state index contributed by atoms with van der Waals surface area (Å²) in [5.41, 5.74) is 4.82. The molecule has 0 saturated carbocycles. The van der Waals surface area contributed by atoms with E-state index in [-0.39, 0.29) is 0 Å². The van der Waals surface area contributed by atoms with Crippen LogP contribution in [-0.2, 0) is 0 Å². The van der Waals surface area contributed by atoms with Gasteiger partial charge in [0.15, 0.2) is 11.5 Å². The second-order valence-electron chi connectivity index (χ2n) is 5.40. The van der Waals surface area contributed by atoms with Crippen molar-refractivity contribution >= 4 is 23.2 Å². The van der Waals surface area contributed by atoms with Gasteiger partial charge in [0.25, 0.3) is 5.91 Å². The van der Waals surface area contributed by atoms with Crippen LogP contribution in [0, 0.1) is 0 Å². The van der Waals surface area contributed by atoms with Gasteiger partial charge in [-0.25, -0.2) is 10.4 Å². The number of hydrogen-bond acceptors (Lipinski definition) is 7. The highest BCUT2D eigenvalue weighted by atomic mass is 16.5. The number of hydrazone groups is 1. The zero-order valence-corrected chi connectivity index (χ0v) is 15.1. The molecule has 0 aliphatic heterocycles. The number of ether oxygens (including phenoxy) is 3. The van der Waals surface area contributed by atoms with Gasteiger partial charge in [-0.1, -0.05) is 12.1 Å². The lowest BCUT2D eigenvalue weighted by Gasteiger charge is -2.13. The first kappa shape index (κ1) is 18.1. The minimum atomic E-state index is -0.431. The van der Waals surface area contributed by atoms with Gasteiger partial charge in [0, 0.05) is 5.56 Å². The fourth-order valence-corrected chi connectivity index (χ4v) is 2.47. The molecule has 138 valence electrons. The summed E-state index contributed by atoms with van der Waals surface area (Å²) >= 11 is 0. The smallest absolute Gasteiger partial charge is 0.271 e. The number of nitrogens with one attached hydrogen (secondary N) is 1. The minimum Gasteiger partial charge on any atom is -0.493 e. The molecule has 1 amide bonds. The number of methoxy groups -OCH3 is 3. The molecule has 0 aliphatic rings. The highest BCUT2D eigenvalue weighted by Gasteiger charge is 2.16. The van der Waals surface area contributed by atoms with Crippen molar-refractivity contribution in [1.82, 2.24) is 15.4 Å². The molecular formula is C19H18N4O4. The van der Waals surface area contributed by atoms with E-state index in [1.165, 1.54) is 27.5 Å². The molecule has 0 aliphatic carbocycles. The van der Waals surface area contributed by atoms with Crippen LogP contribution in [0.5, 0.6) is 17.2 Å². The molecule has 0 fully saturated rings. The number of benzene rings is 2. The Bertz CT molecular complexity index is 979. The number of carbonyl (C=O) groups is 1. The molecule has 0 saturated heterocycles. The first-order valence-corrected chi connectivity index (χ1v) is 8.01. The second kappa shape index (κ2) is 8.13. The number of nitrogens with zero attached hydrogens (tertiary/aromatic N) is 3. The highest BCUT2D eigenvalue weighted by Crippen LogP contribution is 2.38. The molecule has 27 heavy (non-hydrogen) atoms. The number of aromatic nitrogens is 2. The van der Waals surface area contributed by atoms with E-state index in [4.69, 9.17) is 14.2 Å². The zero-order chi connectivity index (χ0) is 19.2. The molecule has 1 N–H and O–H groups in total. The summed E-state index contributed by atoms with van der Waals surface area (Å²) in [5.74, 6) is 0.739. The summed E-state index contributed by atoms with van der Waals surface area (Å²) in [6.07, 6.45) is 3.01. The highest BCUT2D eigenvalue weighted by molar-refractivity contribution is 5.96. The topological polar surface area (TPSA) is 94.9 Å². The first-order chi connectivity index (χ1) is 13.2. The number of carbonyl (C=O) groups excluding carboxylic acids is 1. The van der Waals surface area contributed by atoms with Crippen LogP contribution in [0.15, 0.2) is 47.7 Å². The predicted octanol–water partition coefficient (Wildman–Crippen LogP) is 2.42. The first-order valence-electron chi connectivity index (χ1n) is 8.01. The van der Waals surface area contributed by atoms with E-state index in [9.17, 15) is 4.79 Å². The molecule has 0 unspecified atom stereocenters. The predicted molar refractivity (Wildman–Crippen MR) is 101 cm³/mol. The molecule has 0 spiro atoms. The maximum absolute atomic E-state index is 12.4. The van der Waals surface area contributed by atoms with Crippen LogP contribution in [0.25, 0.3) is 11.0 Å². The molecule has 8 nitrogen and oxygen atoms in total. The van der Waals surface area contributed by atoms with Crippen LogP contribution < -0.4 is 19.6 Å². The van der Waals surface area contributed by atoms with Crippen molar-refractivity contribution in [3.05, 3.63) is 53.9 Å². The molecular weight excluding hydrogens is 348 g/mol. The van der Waals surface area contributed by atoms with E-state index in [0.717, 1.165) is 11.0 Å². The van der Waals surface area contributed by atoms with Gasteiger partial charge in [0.1, 0.15) is 5.69 Å². The summed E-state index contributed by atoms with van der Waals surface area (Å²) < 4.78 is 15.7. The monoisotopic (exact) mass is 366 g/mol. The van der Waals surface area contributed by atoms with E-state index < -0.39 is 5.91 Å². The largest absolute Gasteiger partial charge is 0.493 e. The number of amides is 1. The van der Waals surface area contributed by atoms with Gasteiger partial charge in [-0.15, -0.1) is 0 Å². The normalized spacial score (nSPS) is 10.8. The third-order valence-corrected chi connectivity index (χ3v) is 3.76. The fourth-order valence-electron chi connectivity index (χ4n) is 2.47. The summed E-state index contributed by atoms with van der Waals surface area (Å²) in [7, 11) is 4.46. The molecule has 2 aromatic carbocycles. The fraction of sp³-hybridized carbons (Fsp3) is 0.158. The van der Waals surface area contributed by atoms with E-state index in [1.807, 2.05) is 24.3 Å². The molecule has 1 aromatic heterocycles. The van der Waals surface area contributed by atoms with Crippen LogP contribution in [-0.4, -0.2) is 43.4 Å². The minimum absolute atomic E-state index is 0.311. The maximum atomic E-state index is 12.4. The summed E-state index contributed by atoms with van der Waals surface area (Å²) in [4.78, 5) is 21.1. The van der Waals surface area contributed by atoms with Crippen molar-refractivity contribution in [2.24, 2.45) is 5.10 Å². The van der Waals surface area contributed by atoms with E-state index in [0.29, 0.717) is 28.5 Å². The van der Waals surface area contributed by atoms with E-state index in [2.05, 4.69) is 20.5 Å². The average Bonchev–Trinajstić information content (AvgIpc) is 2.72. The van der Waals surface area contributed by atoms with Gasteiger partial charge in [0.05, 0.1) is 44.8 Å². The lowest BCUT2D eigenvalue weighted by atomic mass is 10.1. The number of fused-ring (bicyclic) bond motifs is 1. The summed E-state index contributed by atoms with van der Waals surface area (Å²) in [5, 5.41) is 3.94. The Hall–Kier alpha value is -3.68. The van der Waals surface area contributed by atoms with Crippen molar-refractivity contribution in [3.8, 4) is 17.2 Å². The Morgan fingerprint density at radius 2 is 1.70 bits per heavy atom. The summed E-state index contributed by atoms with van der Waals surface area (Å²) in [6.45, 7) is 0. The van der Waals surface area contributed by atoms with Crippen molar-refractivity contribution < 1.29 is 19.0 Å². The lowest BCUT2D eigenvalue weighted by Crippen LogP contribution is -2.18. The SMILES string of the molecule is COc1cc(C(=O)N/N=C\c2cnc3ccccc3n2)cc(OC)c1OC. The molecule has 3 rings (SSSR count). The molecule has 0 radical (unpaired) electrons. The van der Waals surface area contributed by atoms with Gasteiger partial charge in [-0.2, -0.15) is 5.10 Å². The van der Waals surface area contributed by atoms with Gasteiger partial charge >= 0.3 is 0 Å². The number of rotatable bonds is 6. The van der Waals surface area contributed by atoms with Crippen molar-refractivity contribution in [2.45, 2.75) is 0 Å². The third kappa shape index (κ3) is 3.95. The van der Waals surface area contributed by atoms with Crippen molar-refractivity contribution in [2.75, 3.05) is 21.3 Å². The van der Waals surface area contributed by atoms with Crippen LogP contribution in [0.3, 0.4) is 0 Å². The lowest BCUT2D eigenvalue weighted by molar-refractivity contribution is 0.0954. The Morgan fingerprint density at radius 3 is 2.33 bits per heavy atom. The van der Waals surface area contributed by atoms with Gasteiger partial charge in [-0.3, -0.25) is 9.78 Å². The third-order valence-electron chi connectivity index (χ3n) is 3.76. The summed E-state index contributed by atoms with van der Waals surface area (Å²) in [6, 6.07) is 10.6. The number of hydrogen-bond donors (Lipinski definition) is 1. The molecule has 0 atom stereocenters. The van der Waals surface area contributed by atoms with Crippen LogP contribution in [0.2, 0.25) is 0 Å². The Labute approximate surface area is 155 Å². The van der Waals surface area contributed by atoms with Crippen LogP contribution >= 0.6 is 0 Å². The molecule has 3 aromatic rings. The van der Waals surface area contributed by atoms with Gasteiger partial charge in [0.2, 0.25) is 5.75 Å². The molecule has 8 heteroatoms.